The maximum atomic E-state index is 2.37. The Balaban J connectivity index is 2.37. The van der Waals surface area contributed by atoms with Crippen molar-refractivity contribution >= 4 is 11.8 Å². The smallest absolute Gasteiger partial charge is 0.00204 e. The normalized spacial score (nSPS) is 20.4. The summed E-state index contributed by atoms with van der Waals surface area (Å²) >= 11 is 2.02. The minimum atomic E-state index is 1.24. The summed E-state index contributed by atoms with van der Waals surface area (Å²) in [5, 5.41) is 0. The van der Waals surface area contributed by atoms with Crippen LogP contribution in [-0.2, 0) is 0 Å². The zero-order valence-electron chi connectivity index (χ0n) is 5.31. The van der Waals surface area contributed by atoms with Crippen molar-refractivity contribution in [1.82, 2.24) is 0 Å². The van der Waals surface area contributed by atoms with Gasteiger partial charge in [-0.1, -0.05) is 13.0 Å². The molecule has 1 rings (SSSR count). The van der Waals surface area contributed by atoms with Gasteiger partial charge >= 0.3 is 0 Å². The quantitative estimate of drug-likeness (QED) is 0.523. The summed E-state index contributed by atoms with van der Waals surface area (Å²) in [5.41, 5.74) is 0. The van der Waals surface area contributed by atoms with Crippen LogP contribution in [0.25, 0.3) is 0 Å². The fraction of sp³-hybridized carbons (Fsp3) is 0.714. The molecule has 1 heterocycles. The highest BCUT2D eigenvalue weighted by molar-refractivity contribution is 8.03. The lowest BCUT2D eigenvalue weighted by molar-refractivity contribution is 0.945. The van der Waals surface area contributed by atoms with E-state index >= 15 is 0 Å². The van der Waals surface area contributed by atoms with Gasteiger partial charge in [-0.25, -0.2) is 0 Å². The molecule has 0 aliphatic carbocycles. The van der Waals surface area contributed by atoms with Crippen LogP contribution in [0.1, 0.15) is 26.2 Å². The zero-order valence-corrected chi connectivity index (χ0v) is 6.13. The molecule has 8 heavy (non-hydrogen) atoms. The molecule has 1 heteroatoms. The number of thioether (sulfide) groups is 1. The minimum Gasteiger partial charge on any atom is -0.131 e. The van der Waals surface area contributed by atoms with Gasteiger partial charge in [0, 0.05) is 0 Å². The second-order valence-electron chi connectivity index (χ2n) is 2.01. The van der Waals surface area contributed by atoms with E-state index in [2.05, 4.69) is 13.0 Å². The van der Waals surface area contributed by atoms with Gasteiger partial charge in [0.05, 0.1) is 0 Å². The van der Waals surface area contributed by atoms with Gasteiger partial charge in [0.2, 0.25) is 0 Å². The van der Waals surface area contributed by atoms with Crippen LogP contribution in [-0.4, -0.2) is 5.75 Å². The summed E-state index contributed by atoms with van der Waals surface area (Å²) in [7, 11) is 0. The van der Waals surface area contributed by atoms with Gasteiger partial charge in [0.15, 0.2) is 0 Å². The molecule has 0 aromatic carbocycles. The van der Waals surface area contributed by atoms with Crippen molar-refractivity contribution in [2.75, 3.05) is 5.75 Å². The van der Waals surface area contributed by atoms with E-state index in [1.807, 2.05) is 11.8 Å². The van der Waals surface area contributed by atoms with Gasteiger partial charge in [-0.2, -0.15) is 0 Å². The average molecular weight is 128 g/mol. The van der Waals surface area contributed by atoms with E-state index in [0.29, 0.717) is 0 Å². The molecule has 46 valence electrons. The van der Waals surface area contributed by atoms with Crippen LogP contribution in [0.4, 0.5) is 0 Å². The molecular weight excluding hydrogens is 116 g/mol. The highest BCUT2D eigenvalue weighted by atomic mass is 32.2. The summed E-state index contributed by atoms with van der Waals surface area (Å²) < 4.78 is 0. The van der Waals surface area contributed by atoms with Crippen molar-refractivity contribution in [2.45, 2.75) is 26.2 Å². The maximum Gasteiger partial charge on any atom is -0.00204 e. The number of hydrogen-bond donors (Lipinski definition) is 0. The molecule has 0 atom stereocenters. The lowest BCUT2D eigenvalue weighted by Crippen LogP contribution is -1.87. The summed E-state index contributed by atoms with van der Waals surface area (Å²) in [5.74, 6) is 1.35. The second kappa shape index (κ2) is 3.18. The first-order valence-corrected chi connectivity index (χ1v) is 4.24. The van der Waals surface area contributed by atoms with E-state index in [4.69, 9.17) is 0 Å². The Bertz CT molecular complexity index is 94.6. The van der Waals surface area contributed by atoms with Crippen molar-refractivity contribution < 1.29 is 0 Å². The molecule has 0 saturated heterocycles. The van der Waals surface area contributed by atoms with Crippen LogP contribution in [0.5, 0.6) is 0 Å². The van der Waals surface area contributed by atoms with E-state index in [9.17, 15) is 0 Å². The highest BCUT2D eigenvalue weighted by Gasteiger charge is 1.99. The first kappa shape index (κ1) is 6.21. The third kappa shape index (κ3) is 1.55. The monoisotopic (exact) mass is 128 g/mol. The first-order valence-electron chi connectivity index (χ1n) is 3.25. The van der Waals surface area contributed by atoms with Gasteiger partial charge in [0.25, 0.3) is 0 Å². The van der Waals surface area contributed by atoms with E-state index in [1.54, 1.807) is 4.91 Å². The van der Waals surface area contributed by atoms with E-state index in [1.165, 1.54) is 25.0 Å². The molecule has 0 aromatic rings. The Kier molecular flexibility index (Phi) is 2.47. The van der Waals surface area contributed by atoms with Crippen LogP contribution in [0.2, 0.25) is 0 Å². The second-order valence-corrected chi connectivity index (χ2v) is 3.24. The molecule has 0 nitrogen and oxygen atoms in total. The Hall–Kier alpha value is 0.0900. The van der Waals surface area contributed by atoms with Gasteiger partial charge in [-0.05, 0) is 29.9 Å². The molecule has 0 fully saturated rings. The number of allylic oxidation sites excluding steroid dienone is 2. The fourth-order valence-electron chi connectivity index (χ4n) is 0.855. The molecule has 0 amide bonds. The van der Waals surface area contributed by atoms with Crippen LogP contribution < -0.4 is 0 Å². The van der Waals surface area contributed by atoms with Crippen molar-refractivity contribution in [3.8, 4) is 0 Å². The Morgan fingerprint density at radius 3 is 3.00 bits per heavy atom. The molecule has 0 unspecified atom stereocenters. The molecule has 0 bridgehead atoms. The van der Waals surface area contributed by atoms with Gasteiger partial charge in [-0.3, -0.25) is 0 Å². The molecule has 1 aliphatic rings. The van der Waals surface area contributed by atoms with Crippen molar-refractivity contribution in [3.63, 3.8) is 0 Å². The van der Waals surface area contributed by atoms with E-state index in [-0.39, 0.29) is 0 Å². The minimum absolute atomic E-state index is 1.24. The summed E-state index contributed by atoms with van der Waals surface area (Å²) in [6.07, 6.45) is 6.31. The van der Waals surface area contributed by atoms with Crippen LogP contribution in [0.15, 0.2) is 11.0 Å². The van der Waals surface area contributed by atoms with Crippen molar-refractivity contribution in [1.29, 1.82) is 0 Å². The van der Waals surface area contributed by atoms with E-state index < -0.39 is 0 Å². The van der Waals surface area contributed by atoms with Crippen LogP contribution >= 0.6 is 11.8 Å². The van der Waals surface area contributed by atoms with Crippen LogP contribution in [0, 0.1) is 0 Å². The molecule has 0 radical (unpaired) electrons. The van der Waals surface area contributed by atoms with E-state index in [0.717, 1.165) is 0 Å². The standard InChI is InChI=1S/C7H12S/c1-2-7-5-3-4-6-8-7/h5H,2-4,6H2,1H3. The summed E-state index contributed by atoms with van der Waals surface area (Å²) in [6.45, 7) is 2.23. The van der Waals surface area contributed by atoms with Gasteiger partial charge < -0.3 is 0 Å². The third-order valence-electron chi connectivity index (χ3n) is 1.36. The van der Waals surface area contributed by atoms with Gasteiger partial charge in [-0.15, -0.1) is 11.8 Å². The Morgan fingerprint density at radius 2 is 2.62 bits per heavy atom. The lowest BCUT2D eigenvalue weighted by atomic mass is 10.3. The highest BCUT2D eigenvalue weighted by Crippen LogP contribution is 2.25. The van der Waals surface area contributed by atoms with Crippen molar-refractivity contribution in [3.05, 3.63) is 11.0 Å². The van der Waals surface area contributed by atoms with Crippen LogP contribution in [0.3, 0.4) is 0 Å². The SMILES string of the molecule is CCC1=CCCCS1. The first-order chi connectivity index (χ1) is 3.93. The Labute approximate surface area is 55.4 Å². The maximum absolute atomic E-state index is 2.37. The lowest BCUT2D eigenvalue weighted by Gasteiger charge is -2.08. The van der Waals surface area contributed by atoms with Gasteiger partial charge in [0.1, 0.15) is 0 Å². The number of hydrogen-bond acceptors (Lipinski definition) is 1. The average Bonchev–Trinajstić information content (AvgIpc) is 1.90. The molecule has 0 N–H and O–H groups in total. The van der Waals surface area contributed by atoms with Crippen molar-refractivity contribution in [2.24, 2.45) is 0 Å². The zero-order chi connectivity index (χ0) is 5.82. The molecule has 0 saturated carbocycles. The molecular formula is C7H12S. The summed E-state index contributed by atoms with van der Waals surface area (Å²) in [4.78, 5) is 1.59. The molecule has 1 aliphatic heterocycles. The Morgan fingerprint density at radius 1 is 1.75 bits per heavy atom. The number of rotatable bonds is 1. The fourth-order valence-corrected chi connectivity index (χ4v) is 1.87. The third-order valence-corrected chi connectivity index (χ3v) is 2.68. The summed E-state index contributed by atoms with van der Waals surface area (Å²) in [6, 6.07) is 0. The molecule has 0 spiro atoms. The topological polar surface area (TPSA) is 0 Å². The molecule has 0 aromatic heterocycles. The largest absolute Gasteiger partial charge is 0.131 e. The predicted molar refractivity (Wildman–Crippen MR) is 40.1 cm³/mol. The predicted octanol–water partition coefficient (Wildman–Crippen LogP) is 2.81.